The van der Waals surface area contributed by atoms with E-state index in [-0.39, 0.29) is 18.6 Å². The fourth-order valence-corrected chi connectivity index (χ4v) is 4.79. The van der Waals surface area contributed by atoms with Gasteiger partial charge in [0.2, 0.25) is 11.8 Å². The van der Waals surface area contributed by atoms with E-state index in [9.17, 15) is 29.6 Å². The highest BCUT2D eigenvalue weighted by molar-refractivity contribution is 6.53. The number of phenolic OH excluding ortho intramolecular Hbond substituents is 1. The molecule has 3 amide bonds. The van der Waals surface area contributed by atoms with Crippen LogP contribution >= 0.6 is 0 Å². The quantitative estimate of drug-likeness (QED) is 0.483. The van der Waals surface area contributed by atoms with E-state index in [1.165, 1.54) is 6.07 Å². The van der Waals surface area contributed by atoms with Gasteiger partial charge in [-0.3, -0.25) is 9.59 Å². The Morgan fingerprint density at radius 2 is 2.00 bits per heavy atom. The molecule has 2 aliphatic heterocycles. The van der Waals surface area contributed by atoms with Crippen molar-refractivity contribution < 1.29 is 39.0 Å². The highest BCUT2D eigenvalue weighted by atomic mass is 16.5. The lowest BCUT2D eigenvalue weighted by Crippen LogP contribution is -2.45. The minimum Gasteiger partial charge on any atom is -0.508 e. The van der Waals surface area contributed by atoms with E-state index in [1.54, 1.807) is 18.2 Å². The highest BCUT2D eigenvalue weighted by Gasteiger charge is 2.59. The number of rotatable bonds is 2. The second-order valence-electron chi connectivity index (χ2n) is 7.41. The molecule has 4 atom stereocenters. The third-order valence-corrected chi connectivity index (χ3v) is 6.04. The number of aliphatic hydroxyl groups is 1. The van der Waals surface area contributed by atoms with Crippen LogP contribution in [0.2, 0.25) is 0 Å². The van der Waals surface area contributed by atoms with E-state index in [0.717, 1.165) is 7.11 Å². The molecule has 10 heteroatoms. The van der Waals surface area contributed by atoms with E-state index in [1.807, 2.05) is 0 Å². The number of aromatic hydroxyl groups is 1. The lowest BCUT2D eigenvalue weighted by Gasteiger charge is -2.41. The van der Waals surface area contributed by atoms with Crippen LogP contribution in [-0.4, -0.2) is 58.9 Å². The Bertz CT molecular complexity index is 915. The van der Waals surface area contributed by atoms with Crippen molar-refractivity contribution in [3.8, 4) is 5.75 Å². The molecule has 2 saturated heterocycles. The van der Waals surface area contributed by atoms with Crippen molar-refractivity contribution in [2.45, 2.75) is 18.9 Å². The minimum atomic E-state index is -1.41. The smallest absolute Gasteiger partial charge is 0.487 e. The molecular formula is C19H20BNO8. The number of carbonyl (C=O) groups excluding carboxylic acids is 3. The number of phenols is 1. The SMILES string of the molecule is COC(=O)N1C(=O)[C@H]2[C@H](CC(CO)=C3B(O)O[C@H](c4ccccc4O)C[C@H]32)C1=O. The number of methoxy groups -OCH3 is 1. The van der Waals surface area contributed by atoms with Crippen molar-refractivity contribution in [2.75, 3.05) is 13.7 Å². The summed E-state index contributed by atoms with van der Waals surface area (Å²) in [5.41, 5.74) is 1.24. The first-order valence-corrected chi connectivity index (χ1v) is 9.28. The zero-order valence-corrected chi connectivity index (χ0v) is 15.6. The molecular weight excluding hydrogens is 381 g/mol. The summed E-state index contributed by atoms with van der Waals surface area (Å²) in [5.74, 6) is -3.70. The molecule has 0 saturated carbocycles. The number of amides is 3. The Morgan fingerprint density at radius 3 is 2.66 bits per heavy atom. The molecule has 0 bridgehead atoms. The second kappa shape index (κ2) is 7.29. The zero-order chi connectivity index (χ0) is 20.9. The number of nitrogens with zero attached hydrogens (tertiary/aromatic N) is 1. The molecule has 2 fully saturated rings. The van der Waals surface area contributed by atoms with Crippen molar-refractivity contribution in [1.82, 2.24) is 4.90 Å². The molecule has 1 aromatic carbocycles. The van der Waals surface area contributed by atoms with Crippen molar-refractivity contribution in [3.05, 3.63) is 40.9 Å². The van der Waals surface area contributed by atoms with Crippen molar-refractivity contribution in [1.29, 1.82) is 0 Å². The van der Waals surface area contributed by atoms with E-state index in [4.69, 9.17) is 4.65 Å². The van der Waals surface area contributed by atoms with Gasteiger partial charge in [-0.2, -0.15) is 4.90 Å². The van der Waals surface area contributed by atoms with Gasteiger partial charge in [-0.1, -0.05) is 18.2 Å². The van der Waals surface area contributed by atoms with Crippen LogP contribution in [0.15, 0.2) is 35.3 Å². The molecule has 9 nitrogen and oxygen atoms in total. The second-order valence-corrected chi connectivity index (χ2v) is 7.41. The van der Waals surface area contributed by atoms with Gasteiger partial charge >= 0.3 is 13.2 Å². The molecule has 2 heterocycles. The normalized spacial score (nSPS) is 29.1. The topological polar surface area (TPSA) is 134 Å². The molecule has 3 N–H and O–H groups in total. The number of imide groups is 3. The monoisotopic (exact) mass is 401 g/mol. The summed E-state index contributed by atoms with van der Waals surface area (Å²) < 4.78 is 10.3. The number of hydrogen-bond donors (Lipinski definition) is 3. The molecule has 0 radical (unpaired) electrons. The van der Waals surface area contributed by atoms with Gasteiger partial charge in [0.05, 0.1) is 31.7 Å². The Hall–Kier alpha value is -2.69. The average molecular weight is 401 g/mol. The number of ether oxygens (including phenoxy) is 1. The van der Waals surface area contributed by atoms with E-state index in [0.29, 0.717) is 21.5 Å². The summed E-state index contributed by atoms with van der Waals surface area (Å²) in [5, 5.41) is 30.6. The van der Waals surface area contributed by atoms with Gasteiger partial charge in [0.15, 0.2) is 0 Å². The van der Waals surface area contributed by atoms with E-state index < -0.39 is 55.5 Å². The largest absolute Gasteiger partial charge is 0.508 e. The number of hydrogen-bond acceptors (Lipinski definition) is 8. The van der Waals surface area contributed by atoms with Gasteiger partial charge < -0.3 is 24.6 Å². The fraction of sp³-hybridized carbons (Fsp3) is 0.421. The molecule has 3 aliphatic rings. The Kier molecular flexibility index (Phi) is 4.93. The van der Waals surface area contributed by atoms with Crippen LogP contribution in [-0.2, 0) is 19.0 Å². The minimum absolute atomic E-state index is 0.0168. The third-order valence-electron chi connectivity index (χ3n) is 6.04. The number of benzene rings is 1. The molecule has 0 aromatic heterocycles. The predicted octanol–water partition coefficient (Wildman–Crippen LogP) is 0.550. The van der Waals surface area contributed by atoms with Crippen LogP contribution in [0.25, 0.3) is 0 Å². The van der Waals surface area contributed by atoms with Gasteiger partial charge in [0.25, 0.3) is 0 Å². The molecule has 29 heavy (non-hydrogen) atoms. The number of fused-ring (bicyclic) bond motifs is 3. The van der Waals surface area contributed by atoms with Gasteiger partial charge in [0, 0.05) is 5.56 Å². The van der Waals surface area contributed by atoms with Gasteiger partial charge in [0.1, 0.15) is 5.75 Å². The first kappa shape index (κ1) is 19.6. The molecule has 0 spiro atoms. The Labute approximate surface area is 166 Å². The maximum atomic E-state index is 13.0. The van der Waals surface area contributed by atoms with Crippen LogP contribution in [0.1, 0.15) is 24.5 Å². The first-order valence-electron chi connectivity index (χ1n) is 9.28. The lowest BCUT2D eigenvalue weighted by atomic mass is 9.55. The maximum Gasteiger partial charge on any atom is 0.487 e. The summed E-state index contributed by atoms with van der Waals surface area (Å²) in [6, 6.07) is 6.50. The number of carbonyl (C=O) groups is 3. The van der Waals surface area contributed by atoms with E-state index >= 15 is 0 Å². The zero-order valence-electron chi connectivity index (χ0n) is 15.6. The molecule has 1 aromatic rings. The fourth-order valence-electron chi connectivity index (χ4n) is 4.79. The summed E-state index contributed by atoms with van der Waals surface area (Å²) in [4.78, 5) is 38.2. The standard InChI is InChI=1S/C19H20BNO8/c1-28-19(26)21-17(24)12-6-9(8-22)16-11(15(12)18(21)25)7-14(29-20(16)27)10-4-2-3-5-13(10)23/h2-5,11-12,14-15,22-23,27H,6-8H2,1H3/t11-,12-,14-,15+/m0/s1. The van der Waals surface area contributed by atoms with Crippen LogP contribution < -0.4 is 0 Å². The molecule has 4 rings (SSSR count). The summed E-state index contributed by atoms with van der Waals surface area (Å²) >= 11 is 0. The van der Waals surface area contributed by atoms with Gasteiger partial charge in [-0.15, -0.1) is 0 Å². The van der Waals surface area contributed by atoms with E-state index in [2.05, 4.69) is 4.74 Å². The number of aliphatic hydroxyl groups excluding tert-OH is 1. The highest BCUT2D eigenvalue weighted by Crippen LogP contribution is 2.51. The molecule has 1 aliphatic carbocycles. The van der Waals surface area contributed by atoms with Crippen LogP contribution in [0.3, 0.4) is 0 Å². The van der Waals surface area contributed by atoms with Crippen molar-refractivity contribution in [3.63, 3.8) is 0 Å². The van der Waals surface area contributed by atoms with Gasteiger partial charge in [-0.05, 0) is 35.9 Å². The summed E-state index contributed by atoms with van der Waals surface area (Å²) in [6.07, 6.45) is -1.53. The van der Waals surface area contributed by atoms with Gasteiger partial charge in [-0.25, -0.2) is 4.79 Å². The molecule has 152 valence electrons. The number of allylic oxidation sites excluding steroid dienone is 1. The Morgan fingerprint density at radius 1 is 1.28 bits per heavy atom. The number of likely N-dealkylation sites (tertiary alicyclic amines) is 1. The molecule has 0 unspecified atom stereocenters. The van der Waals surface area contributed by atoms with Crippen molar-refractivity contribution >= 4 is 25.0 Å². The van der Waals surface area contributed by atoms with Crippen LogP contribution in [0.4, 0.5) is 4.79 Å². The lowest BCUT2D eigenvalue weighted by molar-refractivity contribution is -0.137. The predicted molar refractivity (Wildman–Crippen MR) is 98.0 cm³/mol. The average Bonchev–Trinajstić information content (AvgIpc) is 2.97. The Balaban J connectivity index is 1.76. The van der Waals surface area contributed by atoms with Crippen LogP contribution in [0, 0.1) is 17.8 Å². The van der Waals surface area contributed by atoms with Crippen LogP contribution in [0.5, 0.6) is 5.75 Å². The summed E-state index contributed by atoms with van der Waals surface area (Å²) in [7, 11) is -0.323. The number of para-hydroxylation sites is 1. The third kappa shape index (κ3) is 2.95. The van der Waals surface area contributed by atoms with Crippen molar-refractivity contribution in [2.24, 2.45) is 17.8 Å². The summed E-state index contributed by atoms with van der Waals surface area (Å²) in [6.45, 7) is -0.406. The first-order chi connectivity index (χ1) is 13.9. The maximum absolute atomic E-state index is 13.0.